The largest absolute Gasteiger partial charge is 0.496 e. The molecule has 5 aliphatic rings. The first-order valence-corrected chi connectivity index (χ1v) is 12.4. The molecule has 4 aliphatic heterocycles. The molecule has 1 saturated carbocycles. The van der Waals surface area contributed by atoms with E-state index in [2.05, 4.69) is 18.7 Å². The van der Waals surface area contributed by atoms with Crippen molar-refractivity contribution in [3.8, 4) is 5.75 Å². The highest BCUT2D eigenvalue weighted by Crippen LogP contribution is 2.70. The molecule has 0 radical (unpaired) electrons. The van der Waals surface area contributed by atoms with Gasteiger partial charge in [-0.25, -0.2) is 0 Å². The third-order valence-corrected chi connectivity index (χ3v) is 10.2. The number of carbonyl (C=O) groups is 2. The fraction of sp³-hybridized carbons (Fsp3) is 0.692. The van der Waals surface area contributed by atoms with E-state index in [1.165, 1.54) is 0 Å². The van der Waals surface area contributed by atoms with Crippen molar-refractivity contribution < 1.29 is 24.7 Å². The van der Waals surface area contributed by atoms with Gasteiger partial charge in [0, 0.05) is 24.5 Å². The molecule has 4 atom stereocenters. The van der Waals surface area contributed by atoms with Crippen LogP contribution >= 0.6 is 0 Å². The Morgan fingerprint density at radius 1 is 1.15 bits per heavy atom. The number of nitrogens with zero attached hydrogens (tertiary/aromatic N) is 3. The van der Waals surface area contributed by atoms with Crippen LogP contribution in [0.5, 0.6) is 5.75 Å². The highest BCUT2D eigenvalue weighted by Gasteiger charge is 2.76. The van der Waals surface area contributed by atoms with Crippen LogP contribution in [0, 0.1) is 11.3 Å². The first-order valence-electron chi connectivity index (χ1n) is 12.4. The highest BCUT2D eigenvalue weighted by atomic mass is 16.8. The van der Waals surface area contributed by atoms with Crippen molar-refractivity contribution in [1.82, 2.24) is 10.1 Å². The summed E-state index contributed by atoms with van der Waals surface area (Å²) in [6.07, 6.45) is 3.56. The minimum absolute atomic E-state index is 0.0191. The number of piperidine rings is 1. The Morgan fingerprint density at radius 2 is 1.88 bits per heavy atom. The average molecular weight is 470 g/mol. The number of amides is 1. The van der Waals surface area contributed by atoms with Gasteiger partial charge in [0.25, 0.3) is 0 Å². The van der Waals surface area contributed by atoms with E-state index >= 15 is 0 Å². The Labute approximate surface area is 200 Å². The molecular formula is C26H35N3O5. The predicted molar refractivity (Wildman–Crippen MR) is 124 cm³/mol. The zero-order valence-corrected chi connectivity index (χ0v) is 20.7. The van der Waals surface area contributed by atoms with E-state index in [1.54, 1.807) is 7.11 Å². The van der Waals surface area contributed by atoms with Crippen LogP contribution in [0.1, 0.15) is 75.7 Å². The van der Waals surface area contributed by atoms with E-state index in [9.17, 15) is 20.0 Å². The number of rotatable bonds is 2. The van der Waals surface area contributed by atoms with Gasteiger partial charge in [-0.2, -0.15) is 0 Å². The van der Waals surface area contributed by atoms with Gasteiger partial charge in [-0.15, -0.1) is 0 Å². The summed E-state index contributed by atoms with van der Waals surface area (Å²) >= 11 is 0. The molecule has 34 heavy (non-hydrogen) atoms. The number of hydrogen-bond donors (Lipinski definition) is 2. The van der Waals surface area contributed by atoms with Crippen molar-refractivity contribution in [2.75, 3.05) is 25.1 Å². The number of fused-ring (bicyclic) bond motifs is 3. The molecule has 1 spiro atoms. The summed E-state index contributed by atoms with van der Waals surface area (Å²) in [5, 5.41) is 21.9. The molecule has 184 valence electrons. The summed E-state index contributed by atoms with van der Waals surface area (Å²) in [4.78, 5) is 32.2. The van der Waals surface area contributed by atoms with Crippen molar-refractivity contribution >= 4 is 17.4 Å². The molecule has 8 heteroatoms. The second-order valence-electron chi connectivity index (χ2n) is 12.3. The van der Waals surface area contributed by atoms with Gasteiger partial charge in [-0.05, 0) is 69.0 Å². The van der Waals surface area contributed by atoms with E-state index in [0.29, 0.717) is 41.2 Å². The first-order chi connectivity index (χ1) is 15.9. The summed E-state index contributed by atoms with van der Waals surface area (Å²) in [6, 6.07) is 4.15. The van der Waals surface area contributed by atoms with Crippen LogP contribution in [-0.4, -0.2) is 69.6 Å². The standard InChI is InChI=1S/C26H35N3O5/c1-23(2)12-17(30)20-18(34-5)9-8-16-21(20)28(23)22(31)26(16)13-25(29(32)33)14-27-10-6-7-15(27)11-19(25)24(26,3)4/h8-9,15,19,32-33H,6-7,10-14H2,1-5H3. The number of ether oxygens (including phenoxy) is 1. The molecule has 4 heterocycles. The lowest BCUT2D eigenvalue weighted by molar-refractivity contribution is -0.379. The Balaban J connectivity index is 1.62. The van der Waals surface area contributed by atoms with Gasteiger partial charge in [-0.3, -0.25) is 24.9 Å². The topological polar surface area (TPSA) is 93.5 Å². The zero-order chi connectivity index (χ0) is 24.4. The molecule has 1 aromatic carbocycles. The smallest absolute Gasteiger partial charge is 0.238 e. The highest BCUT2D eigenvalue weighted by molar-refractivity contribution is 6.19. The minimum atomic E-state index is -0.973. The lowest BCUT2D eigenvalue weighted by Gasteiger charge is -2.50. The van der Waals surface area contributed by atoms with E-state index in [-0.39, 0.29) is 24.0 Å². The molecule has 2 saturated heterocycles. The lowest BCUT2D eigenvalue weighted by atomic mass is 9.60. The van der Waals surface area contributed by atoms with E-state index in [4.69, 9.17) is 4.74 Å². The van der Waals surface area contributed by atoms with E-state index < -0.39 is 21.9 Å². The van der Waals surface area contributed by atoms with Gasteiger partial charge >= 0.3 is 0 Å². The number of hydroxylamine groups is 2. The van der Waals surface area contributed by atoms with Crippen LogP contribution < -0.4 is 9.64 Å². The van der Waals surface area contributed by atoms with Crippen molar-refractivity contribution in [2.24, 2.45) is 11.3 Å². The Bertz CT molecular complexity index is 1110. The van der Waals surface area contributed by atoms with Crippen LogP contribution in [0.4, 0.5) is 5.69 Å². The summed E-state index contributed by atoms with van der Waals surface area (Å²) in [7, 11) is 1.55. The van der Waals surface area contributed by atoms with Crippen LogP contribution in [0.2, 0.25) is 0 Å². The molecule has 1 aliphatic carbocycles. The molecule has 1 aromatic rings. The average Bonchev–Trinajstić information content (AvgIpc) is 3.37. The monoisotopic (exact) mass is 469 g/mol. The summed E-state index contributed by atoms with van der Waals surface area (Å²) < 4.78 is 5.57. The molecule has 1 amide bonds. The normalized spacial score (nSPS) is 37.4. The maximum Gasteiger partial charge on any atom is 0.238 e. The third-order valence-electron chi connectivity index (χ3n) is 10.2. The van der Waals surface area contributed by atoms with Gasteiger partial charge in [0.15, 0.2) is 5.78 Å². The molecular weight excluding hydrogens is 434 g/mol. The predicted octanol–water partition coefficient (Wildman–Crippen LogP) is 3.38. The number of anilines is 1. The summed E-state index contributed by atoms with van der Waals surface area (Å²) in [5.74, 6) is 0.337. The number of methoxy groups -OCH3 is 1. The van der Waals surface area contributed by atoms with E-state index in [1.807, 2.05) is 30.9 Å². The Morgan fingerprint density at radius 3 is 2.56 bits per heavy atom. The number of carbonyl (C=O) groups excluding carboxylic acids is 2. The molecule has 0 aromatic heterocycles. The van der Waals surface area contributed by atoms with Crippen molar-refractivity contribution in [2.45, 2.75) is 82.3 Å². The molecule has 8 nitrogen and oxygen atoms in total. The van der Waals surface area contributed by atoms with Crippen LogP contribution in [0.25, 0.3) is 0 Å². The summed E-state index contributed by atoms with van der Waals surface area (Å²) in [5.41, 5.74) is -1.21. The number of benzene rings is 1. The first kappa shape index (κ1) is 22.5. The second kappa shape index (κ2) is 6.60. The van der Waals surface area contributed by atoms with Crippen LogP contribution in [-0.2, 0) is 10.2 Å². The van der Waals surface area contributed by atoms with Crippen LogP contribution in [0.3, 0.4) is 0 Å². The molecule has 3 fully saturated rings. The SMILES string of the molecule is COc1ccc2c3c1C(=O)CC(C)(C)N3C(=O)C21CC2(N(O)O)CN3CCCC3CC2C1(C)C. The van der Waals surface area contributed by atoms with Gasteiger partial charge in [0.2, 0.25) is 5.91 Å². The second-order valence-corrected chi connectivity index (χ2v) is 12.3. The van der Waals surface area contributed by atoms with Crippen molar-refractivity contribution in [3.63, 3.8) is 0 Å². The maximum absolute atomic E-state index is 14.7. The van der Waals surface area contributed by atoms with Gasteiger partial charge < -0.3 is 9.64 Å². The third kappa shape index (κ3) is 2.33. The Kier molecular flexibility index (Phi) is 4.36. The van der Waals surface area contributed by atoms with Gasteiger partial charge in [-0.1, -0.05) is 25.1 Å². The van der Waals surface area contributed by atoms with Crippen LogP contribution in [0.15, 0.2) is 12.1 Å². The zero-order valence-electron chi connectivity index (χ0n) is 20.7. The molecule has 6 rings (SSSR count). The fourth-order valence-corrected chi connectivity index (χ4v) is 8.65. The molecule has 0 bridgehead atoms. The van der Waals surface area contributed by atoms with Gasteiger partial charge in [0.1, 0.15) is 5.75 Å². The molecule has 4 unspecified atom stereocenters. The fourth-order valence-electron chi connectivity index (χ4n) is 8.65. The number of Topliss-reactive ketones (excluding diaryl/α,β-unsaturated/α-hetero) is 1. The number of hydrogen-bond acceptors (Lipinski definition) is 7. The van der Waals surface area contributed by atoms with Crippen molar-refractivity contribution in [3.05, 3.63) is 23.3 Å². The minimum Gasteiger partial charge on any atom is -0.496 e. The summed E-state index contributed by atoms with van der Waals surface area (Å²) in [6.45, 7) is 9.59. The van der Waals surface area contributed by atoms with Gasteiger partial charge in [0.05, 0.1) is 29.3 Å². The lowest BCUT2D eigenvalue weighted by Crippen LogP contribution is -2.62. The van der Waals surface area contributed by atoms with E-state index in [0.717, 1.165) is 31.4 Å². The molecule has 2 N–H and O–H groups in total. The quantitative estimate of drug-likeness (QED) is 0.642. The van der Waals surface area contributed by atoms with Crippen molar-refractivity contribution in [1.29, 1.82) is 0 Å². The number of ketones is 1. The Hall–Kier alpha value is -2.00. The maximum atomic E-state index is 14.7.